The molecule has 0 radical (unpaired) electrons. The summed E-state index contributed by atoms with van der Waals surface area (Å²) in [6.45, 7) is 2.78. The Morgan fingerprint density at radius 3 is 2.65 bits per heavy atom. The second kappa shape index (κ2) is 8.49. The first-order valence-corrected chi connectivity index (χ1v) is 9.18. The standard InChI is InChI=1S/C20H20N2O3S/c1-3-25-18-7-5-4-6-17(18)19(23)21-12-15-13-26-20(22-15)14-8-10-16(24-2)11-9-14/h4-11,13H,3,12H2,1-2H3,(H,21,23). The van der Waals surface area contributed by atoms with Crippen molar-refractivity contribution in [3.8, 4) is 22.1 Å². The molecule has 1 amide bonds. The molecule has 1 N–H and O–H groups in total. The zero-order valence-electron chi connectivity index (χ0n) is 14.7. The van der Waals surface area contributed by atoms with E-state index in [1.54, 1.807) is 30.6 Å². The fourth-order valence-corrected chi connectivity index (χ4v) is 3.28. The van der Waals surface area contributed by atoms with Gasteiger partial charge in [0.2, 0.25) is 0 Å². The second-order valence-electron chi connectivity index (χ2n) is 5.48. The van der Waals surface area contributed by atoms with Crippen LogP contribution in [-0.4, -0.2) is 24.6 Å². The Balaban J connectivity index is 1.65. The zero-order valence-corrected chi connectivity index (χ0v) is 15.5. The van der Waals surface area contributed by atoms with Gasteiger partial charge in [0, 0.05) is 10.9 Å². The summed E-state index contributed by atoms with van der Waals surface area (Å²) in [5, 5.41) is 5.76. The lowest BCUT2D eigenvalue weighted by Gasteiger charge is -2.09. The molecule has 5 nitrogen and oxygen atoms in total. The summed E-state index contributed by atoms with van der Waals surface area (Å²) >= 11 is 1.55. The largest absolute Gasteiger partial charge is 0.497 e. The Kier molecular flexibility index (Phi) is 5.86. The highest BCUT2D eigenvalue weighted by Gasteiger charge is 2.12. The van der Waals surface area contributed by atoms with Crippen molar-refractivity contribution in [2.45, 2.75) is 13.5 Å². The third kappa shape index (κ3) is 4.21. The van der Waals surface area contributed by atoms with Gasteiger partial charge in [0.15, 0.2) is 0 Å². The molecule has 1 heterocycles. The monoisotopic (exact) mass is 368 g/mol. The number of rotatable bonds is 7. The van der Waals surface area contributed by atoms with Crippen LogP contribution in [0.3, 0.4) is 0 Å². The van der Waals surface area contributed by atoms with Gasteiger partial charge >= 0.3 is 0 Å². The van der Waals surface area contributed by atoms with Crippen LogP contribution >= 0.6 is 11.3 Å². The van der Waals surface area contributed by atoms with E-state index in [1.807, 2.05) is 48.7 Å². The molecular weight excluding hydrogens is 348 g/mol. The van der Waals surface area contributed by atoms with Gasteiger partial charge in [0.1, 0.15) is 16.5 Å². The highest BCUT2D eigenvalue weighted by molar-refractivity contribution is 7.13. The number of methoxy groups -OCH3 is 1. The van der Waals surface area contributed by atoms with Crippen molar-refractivity contribution < 1.29 is 14.3 Å². The van der Waals surface area contributed by atoms with Crippen LogP contribution in [0.15, 0.2) is 53.9 Å². The maximum absolute atomic E-state index is 12.4. The molecule has 26 heavy (non-hydrogen) atoms. The molecule has 3 rings (SSSR count). The molecule has 134 valence electrons. The lowest BCUT2D eigenvalue weighted by molar-refractivity contribution is 0.0946. The number of ether oxygens (including phenoxy) is 2. The summed E-state index contributed by atoms with van der Waals surface area (Å²) in [7, 11) is 1.64. The smallest absolute Gasteiger partial charge is 0.255 e. The molecule has 0 saturated carbocycles. The van der Waals surface area contributed by atoms with Crippen molar-refractivity contribution in [3.05, 3.63) is 65.2 Å². The molecular formula is C20H20N2O3S. The van der Waals surface area contributed by atoms with Crippen molar-refractivity contribution >= 4 is 17.2 Å². The molecule has 0 spiro atoms. The summed E-state index contributed by atoms with van der Waals surface area (Å²) in [4.78, 5) is 17.0. The van der Waals surface area contributed by atoms with Gasteiger partial charge in [-0.3, -0.25) is 4.79 Å². The van der Waals surface area contributed by atoms with Crippen molar-refractivity contribution in [2.75, 3.05) is 13.7 Å². The van der Waals surface area contributed by atoms with E-state index >= 15 is 0 Å². The number of amides is 1. The molecule has 6 heteroatoms. The zero-order chi connectivity index (χ0) is 18.4. The first kappa shape index (κ1) is 17.9. The third-order valence-corrected chi connectivity index (χ3v) is 4.69. The number of aromatic nitrogens is 1. The Morgan fingerprint density at radius 1 is 1.15 bits per heavy atom. The average molecular weight is 368 g/mol. The minimum atomic E-state index is -0.173. The molecule has 0 aliphatic heterocycles. The minimum absolute atomic E-state index is 0.173. The number of thiazole rings is 1. The number of nitrogens with one attached hydrogen (secondary N) is 1. The first-order chi connectivity index (χ1) is 12.7. The molecule has 2 aromatic carbocycles. The van der Waals surface area contributed by atoms with Crippen LogP contribution in [-0.2, 0) is 6.54 Å². The number of hydrogen-bond acceptors (Lipinski definition) is 5. The third-order valence-electron chi connectivity index (χ3n) is 3.75. The molecule has 0 bridgehead atoms. The second-order valence-corrected chi connectivity index (χ2v) is 6.34. The van der Waals surface area contributed by atoms with Gasteiger partial charge in [-0.25, -0.2) is 4.98 Å². The van der Waals surface area contributed by atoms with Crippen molar-refractivity contribution in [1.82, 2.24) is 10.3 Å². The number of benzene rings is 2. The van der Waals surface area contributed by atoms with Crippen LogP contribution in [0.4, 0.5) is 0 Å². The quantitative estimate of drug-likeness (QED) is 0.681. The Hall–Kier alpha value is -2.86. The summed E-state index contributed by atoms with van der Waals surface area (Å²) in [6.07, 6.45) is 0. The predicted molar refractivity (Wildman–Crippen MR) is 103 cm³/mol. The lowest BCUT2D eigenvalue weighted by Crippen LogP contribution is -2.23. The normalized spacial score (nSPS) is 10.4. The van der Waals surface area contributed by atoms with E-state index in [9.17, 15) is 4.79 Å². The Morgan fingerprint density at radius 2 is 1.92 bits per heavy atom. The number of carbonyl (C=O) groups excluding carboxylic acids is 1. The average Bonchev–Trinajstić information content (AvgIpc) is 3.16. The SMILES string of the molecule is CCOc1ccccc1C(=O)NCc1csc(-c2ccc(OC)cc2)n1. The van der Waals surface area contributed by atoms with Gasteiger partial charge in [0.25, 0.3) is 5.91 Å². The van der Waals surface area contributed by atoms with Gasteiger partial charge < -0.3 is 14.8 Å². The number of carbonyl (C=O) groups is 1. The van der Waals surface area contributed by atoms with E-state index in [4.69, 9.17) is 9.47 Å². The van der Waals surface area contributed by atoms with Crippen LogP contribution in [0, 0.1) is 0 Å². The van der Waals surface area contributed by atoms with Gasteiger partial charge in [-0.15, -0.1) is 11.3 Å². The van der Waals surface area contributed by atoms with Crippen LogP contribution in [0.1, 0.15) is 23.0 Å². The van der Waals surface area contributed by atoms with E-state index in [2.05, 4.69) is 10.3 Å². The highest BCUT2D eigenvalue weighted by Crippen LogP contribution is 2.25. The van der Waals surface area contributed by atoms with E-state index in [0.29, 0.717) is 24.5 Å². The molecule has 1 aromatic heterocycles. The summed E-state index contributed by atoms with van der Waals surface area (Å²) < 4.78 is 10.7. The van der Waals surface area contributed by atoms with Crippen LogP contribution in [0.25, 0.3) is 10.6 Å². The maximum atomic E-state index is 12.4. The molecule has 0 atom stereocenters. The van der Waals surface area contributed by atoms with Crippen LogP contribution in [0.5, 0.6) is 11.5 Å². The molecule has 0 aliphatic rings. The highest BCUT2D eigenvalue weighted by atomic mass is 32.1. The molecule has 0 aliphatic carbocycles. The van der Waals surface area contributed by atoms with Gasteiger partial charge in [-0.2, -0.15) is 0 Å². The lowest BCUT2D eigenvalue weighted by atomic mass is 10.2. The summed E-state index contributed by atoms with van der Waals surface area (Å²) in [5.41, 5.74) is 2.37. The minimum Gasteiger partial charge on any atom is -0.497 e. The summed E-state index contributed by atoms with van der Waals surface area (Å²) in [6, 6.07) is 15.0. The molecule has 0 fully saturated rings. The first-order valence-electron chi connectivity index (χ1n) is 8.30. The van der Waals surface area contributed by atoms with E-state index in [1.165, 1.54) is 0 Å². The Labute approximate surface area is 156 Å². The number of nitrogens with zero attached hydrogens (tertiary/aromatic N) is 1. The predicted octanol–water partition coefficient (Wildman–Crippen LogP) is 4.15. The van der Waals surface area contributed by atoms with E-state index in [0.717, 1.165) is 22.0 Å². The van der Waals surface area contributed by atoms with Gasteiger partial charge in [-0.05, 0) is 43.3 Å². The van der Waals surface area contributed by atoms with Crippen molar-refractivity contribution in [1.29, 1.82) is 0 Å². The fraction of sp³-hybridized carbons (Fsp3) is 0.200. The topological polar surface area (TPSA) is 60.5 Å². The number of hydrogen-bond donors (Lipinski definition) is 1. The molecule has 3 aromatic rings. The summed E-state index contributed by atoms with van der Waals surface area (Å²) in [5.74, 6) is 1.23. The van der Waals surface area contributed by atoms with Gasteiger partial charge in [-0.1, -0.05) is 12.1 Å². The van der Waals surface area contributed by atoms with Crippen LogP contribution < -0.4 is 14.8 Å². The number of para-hydroxylation sites is 1. The van der Waals surface area contributed by atoms with Crippen molar-refractivity contribution in [3.63, 3.8) is 0 Å². The Bertz CT molecular complexity index is 875. The fourth-order valence-electron chi connectivity index (χ4n) is 2.46. The van der Waals surface area contributed by atoms with Crippen LogP contribution in [0.2, 0.25) is 0 Å². The van der Waals surface area contributed by atoms with E-state index < -0.39 is 0 Å². The maximum Gasteiger partial charge on any atom is 0.255 e. The van der Waals surface area contributed by atoms with Crippen molar-refractivity contribution in [2.24, 2.45) is 0 Å². The molecule has 0 saturated heterocycles. The molecule has 0 unspecified atom stereocenters. The van der Waals surface area contributed by atoms with E-state index in [-0.39, 0.29) is 5.91 Å². The van der Waals surface area contributed by atoms with Gasteiger partial charge in [0.05, 0.1) is 31.5 Å².